The van der Waals surface area contributed by atoms with Crippen molar-refractivity contribution in [3.05, 3.63) is 58.2 Å². The van der Waals surface area contributed by atoms with E-state index in [-0.39, 0.29) is 35.1 Å². The molecule has 11 heteroatoms. The lowest BCUT2D eigenvalue weighted by Gasteiger charge is -2.14. The van der Waals surface area contributed by atoms with Gasteiger partial charge in [-0.05, 0) is 47.1 Å². The Morgan fingerprint density at radius 2 is 1.63 bits per heavy atom. The van der Waals surface area contributed by atoms with Crippen LogP contribution in [0.5, 0.6) is 11.5 Å². The lowest BCUT2D eigenvalue weighted by atomic mass is 10.0. The first-order valence-electron chi connectivity index (χ1n) is 10.4. The molecule has 0 unspecified atom stereocenters. The molecule has 184 valence electrons. The molecule has 0 N–H and O–H groups in total. The second-order valence-electron chi connectivity index (χ2n) is 6.89. The van der Waals surface area contributed by atoms with Crippen LogP contribution in [-0.4, -0.2) is 62.2 Å². The van der Waals surface area contributed by atoms with Crippen molar-refractivity contribution in [2.75, 3.05) is 34.5 Å². The Bertz CT molecular complexity index is 1240. The van der Waals surface area contributed by atoms with Crippen molar-refractivity contribution in [1.82, 2.24) is 9.78 Å². The highest BCUT2D eigenvalue weighted by molar-refractivity contribution is 9.10. The van der Waals surface area contributed by atoms with Gasteiger partial charge in [-0.3, -0.25) is 0 Å². The number of aromatic nitrogens is 2. The highest BCUT2D eigenvalue weighted by atomic mass is 79.9. The van der Waals surface area contributed by atoms with Gasteiger partial charge in [-0.15, -0.1) is 0 Å². The smallest absolute Gasteiger partial charge is 0.357 e. The van der Waals surface area contributed by atoms with Gasteiger partial charge in [-0.1, -0.05) is 18.2 Å². The third-order valence-corrected chi connectivity index (χ3v) is 5.39. The molecule has 0 aliphatic rings. The quantitative estimate of drug-likeness (QED) is 0.291. The fraction of sp³-hybridized carbons (Fsp3) is 0.250. The molecule has 0 amide bonds. The molecule has 0 fully saturated rings. The summed E-state index contributed by atoms with van der Waals surface area (Å²) in [5, 5.41) is 4.57. The van der Waals surface area contributed by atoms with Crippen molar-refractivity contribution in [1.29, 1.82) is 0 Å². The van der Waals surface area contributed by atoms with Crippen LogP contribution in [0, 0.1) is 0 Å². The summed E-state index contributed by atoms with van der Waals surface area (Å²) in [4.78, 5) is 37.2. The Kier molecular flexibility index (Phi) is 8.48. The van der Waals surface area contributed by atoms with Gasteiger partial charge < -0.3 is 23.7 Å². The Labute approximate surface area is 209 Å². The lowest BCUT2D eigenvalue weighted by Crippen LogP contribution is -2.15. The van der Waals surface area contributed by atoms with E-state index in [1.807, 2.05) is 6.07 Å². The molecule has 0 radical (unpaired) electrons. The van der Waals surface area contributed by atoms with Crippen molar-refractivity contribution in [2.45, 2.75) is 6.92 Å². The number of para-hydroxylation sites is 1. The van der Waals surface area contributed by atoms with E-state index >= 15 is 0 Å². The summed E-state index contributed by atoms with van der Waals surface area (Å²) in [6.07, 6.45) is 0. The maximum Gasteiger partial charge on any atom is 0.357 e. The number of rotatable bonds is 9. The first-order valence-corrected chi connectivity index (χ1v) is 11.2. The van der Waals surface area contributed by atoms with E-state index in [1.165, 1.54) is 26.0 Å². The average Bonchev–Trinajstić information content (AvgIpc) is 3.28. The lowest BCUT2D eigenvalue weighted by molar-refractivity contribution is -0.142. The van der Waals surface area contributed by atoms with E-state index in [4.69, 9.17) is 18.9 Å². The van der Waals surface area contributed by atoms with Gasteiger partial charge in [0.05, 0.1) is 38.1 Å². The molecule has 0 saturated carbocycles. The number of ether oxygens (including phenoxy) is 5. The number of halogens is 1. The van der Waals surface area contributed by atoms with Crippen molar-refractivity contribution < 1.29 is 38.1 Å². The van der Waals surface area contributed by atoms with E-state index in [2.05, 4.69) is 25.8 Å². The molecule has 0 aliphatic heterocycles. The number of esters is 3. The summed E-state index contributed by atoms with van der Waals surface area (Å²) in [5.74, 6) is -1.57. The molecular formula is C24H23BrN2O8. The number of methoxy groups -OCH3 is 3. The standard InChI is InChI=1S/C24H23BrN2O8/c1-5-34-17-12-14(11-16(25)22(17)35-13-18(28)31-2)20-19(23(29)32-3)21(24(30)33-4)27(26-20)15-9-7-6-8-10-15/h6-12H,5,13H2,1-4H3. The molecule has 1 heterocycles. The van der Waals surface area contributed by atoms with Gasteiger partial charge >= 0.3 is 17.9 Å². The minimum absolute atomic E-state index is 0.0826. The first kappa shape index (κ1) is 25.8. The number of nitrogens with zero attached hydrogens (tertiary/aromatic N) is 2. The Balaban J connectivity index is 2.27. The van der Waals surface area contributed by atoms with E-state index in [1.54, 1.807) is 43.3 Å². The van der Waals surface area contributed by atoms with Gasteiger partial charge in [0.1, 0.15) is 11.3 Å². The van der Waals surface area contributed by atoms with Crippen LogP contribution >= 0.6 is 15.9 Å². The number of carbonyl (C=O) groups is 3. The molecule has 1 aromatic heterocycles. The van der Waals surface area contributed by atoms with Gasteiger partial charge in [-0.25, -0.2) is 19.1 Å². The van der Waals surface area contributed by atoms with Crippen LogP contribution in [0.4, 0.5) is 0 Å². The van der Waals surface area contributed by atoms with Crippen LogP contribution in [0.3, 0.4) is 0 Å². The predicted molar refractivity (Wildman–Crippen MR) is 128 cm³/mol. The van der Waals surface area contributed by atoms with Gasteiger partial charge in [0.2, 0.25) is 0 Å². The number of benzene rings is 2. The monoisotopic (exact) mass is 546 g/mol. The Hall–Kier alpha value is -3.86. The predicted octanol–water partition coefficient (Wildman–Crippen LogP) is 3.83. The summed E-state index contributed by atoms with van der Waals surface area (Å²) in [6, 6.07) is 12.0. The van der Waals surface area contributed by atoms with Crippen molar-refractivity contribution in [3.63, 3.8) is 0 Å². The van der Waals surface area contributed by atoms with Gasteiger partial charge in [-0.2, -0.15) is 5.10 Å². The zero-order valence-electron chi connectivity index (χ0n) is 19.5. The number of hydrogen-bond donors (Lipinski definition) is 0. The topological polar surface area (TPSA) is 115 Å². The highest BCUT2D eigenvalue weighted by Crippen LogP contribution is 2.41. The van der Waals surface area contributed by atoms with Crippen LogP contribution < -0.4 is 9.47 Å². The summed E-state index contributed by atoms with van der Waals surface area (Å²) < 4.78 is 27.6. The van der Waals surface area contributed by atoms with E-state index in [0.29, 0.717) is 22.3 Å². The first-order chi connectivity index (χ1) is 16.9. The van der Waals surface area contributed by atoms with Crippen molar-refractivity contribution in [2.24, 2.45) is 0 Å². The second-order valence-corrected chi connectivity index (χ2v) is 7.74. The van der Waals surface area contributed by atoms with Crippen LogP contribution in [0.15, 0.2) is 46.9 Å². The molecule has 0 atom stereocenters. The van der Waals surface area contributed by atoms with Gasteiger partial charge in [0.15, 0.2) is 23.8 Å². The zero-order chi connectivity index (χ0) is 25.5. The maximum absolute atomic E-state index is 12.9. The highest BCUT2D eigenvalue weighted by Gasteiger charge is 2.32. The fourth-order valence-corrected chi connectivity index (χ4v) is 3.81. The molecule has 3 rings (SSSR count). The molecule has 0 aliphatic carbocycles. The van der Waals surface area contributed by atoms with Crippen LogP contribution in [0.1, 0.15) is 27.8 Å². The molecule has 10 nitrogen and oxygen atoms in total. The van der Waals surface area contributed by atoms with Crippen molar-refractivity contribution >= 4 is 33.8 Å². The number of hydrogen-bond acceptors (Lipinski definition) is 9. The summed E-state index contributed by atoms with van der Waals surface area (Å²) in [7, 11) is 3.67. The van der Waals surface area contributed by atoms with Crippen LogP contribution in [-0.2, 0) is 19.0 Å². The van der Waals surface area contributed by atoms with E-state index in [9.17, 15) is 14.4 Å². The van der Waals surface area contributed by atoms with Crippen molar-refractivity contribution in [3.8, 4) is 28.4 Å². The SMILES string of the molecule is CCOc1cc(-c2nn(-c3ccccc3)c(C(=O)OC)c2C(=O)OC)cc(Br)c1OCC(=O)OC. The van der Waals surface area contributed by atoms with E-state index < -0.39 is 17.9 Å². The molecule has 0 spiro atoms. The molecule has 0 saturated heterocycles. The molecule has 2 aromatic carbocycles. The molecule has 35 heavy (non-hydrogen) atoms. The second kappa shape index (κ2) is 11.5. The molecular weight excluding hydrogens is 524 g/mol. The van der Waals surface area contributed by atoms with E-state index in [0.717, 1.165) is 0 Å². The number of carbonyl (C=O) groups excluding carboxylic acids is 3. The third kappa shape index (κ3) is 5.46. The Morgan fingerprint density at radius 1 is 0.943 bits per heavy atom. The summed E-state index contributed by atoms with van der Waals surface area (Å²) in [6.45, 7) is 1.74. The Morgan fingerprint density at radius 3 is 2.23 bits per heavy atom. The molecule has 3 aromatic rings. The molecule has 0 bridgehead atoms. The van der Waals surface area contributed by atoms with Gasteiger partial charge in [0.25, 0.3) is 0 Å². The summed E-state index contributed by atoms with van der Waals surface area (Å²) >= 11 is 3.43. The zero-order valence-corrected chi connectivity index (χ0v) is 21.1. The van der Waals surface area contributed by atoms with Crippen LogP contribution in [0.25, 0.3) is 16.9 Å². The average molecular weight is 547 g/mol. The maximum atomic E-state index is 12.9. The van der Waals surface area contributed by atoms with Gasteiger partial charge in [0, 0.05) is 5.56 Å². The normalized spacial score (nSPS) is 10.4. The minimum Gasteiger partial charge on any atom is -0.490 e. The largest absolute Gasteiger partial charge is 0.490 e. The fourth-order valence-electron chi connectivity index (χ4n) is 3.25. The minimum atomic E-state index is -0.775. The third-order valence-electron chi connectivity index (χ3n) is 4.80. The summed E-state index contributed by atoms with van der Waals surface area (Å²) in [5.41, 5.74) is 0.932. The van der Waals surface area contributed by atoms with Crippen LogP contribution in [0.2, 0.25) is 0 Å².